The third-order valence-corrected chi connectivity index (χ3v) is 5.61. The van der Waals surface area contributed by atoms with E-state index < -0.39 is 24.0 Å². The van der Waals surface area contributed by atoms with Gasteiger partial charge in [-0.2, -0.15) is 26.3 Å². The van der Waals surface area contributed by atoms with Gasteiger partial charge in [-0.25, -0.2) is 0 Å². The number of alkyl halides is 6. The SMILES string of the molecule is CCCCc1c(CCCCN(C(F)(F)F)C(F)(F)F)c2ccccc2c2ccccc12. The molecule has 0 heterocycles. The topological polar surface area (TPSA) is 3.24 Å². The molecule has 0 aromatic heterocycles. The van der Waals surface area contributed by atoms with Gasteiger partial charge in [0.25, 0.3) is 0 Å². The lowest BCUT2D eigenvalue weighted by atomic mass is 9.87. The summed E-state index contributed by atoms with van der Waals surface area (Å²) in [6, 6.07) is 15.9. The molecule has 0 aliphatic carbocycles. The first-order valence-corrected chi connectivity index (χ1v) is 10.5. The summed E-state index contributed by atoms with van der Waals surface area (Å²) in [4.78, 5) is -1.34. The van der Waals surface area contributed by atoms with Crippen LogP contribution in [0.5, 0.6) is 0 Å². The summed E-state index contributed by atoms with van der Waals surface area (Å²) in [5.41, 5.74) is 2.19. The Labute approximate surface area is 177 Å². The monoisotopic (exact) mass is 441 g/mol. The third kappa shape index (κ3) is 5.32. The fraction of sp³-hybridized carbons (Fsp3) is 0.417. The molecular formula is C24H25F6N. The summed E-state index contributed by atoms with van der Waals surface area (Å²) in [6.07, 6.45) is -7.60. The Morgan fingerprint density at radius 3 is 1.45 bits per heavy atom. The molecule has 3 aromatic rings. The zero-order chi connectivity index (χ0) is 22.6. The van der Waals surface area contributed by atoms with E-state index in [2.05, 4.69) is 13.0 Å². The van der Waals surface area contributed by atoms with Crippen LogP contribution in [-0.4, -0.2) is 24.0 Å². The molecule has 168 valence electrons. The van der Waals surface area contributed by atoms with Crippen LogP contribution in [0.25, 0.3) is 21.5 Å². The number of rotatable bonds is 8. The van der Waals surface area contributed by atoms with Gasteiger partial charge in [-0.1, -0.05) is 61.9 Å². The van der Waals surface area contributed by atoms with Crippen LogP contribution in [0.1, 0.15) is 43.7 Å². The van der Waals surface area contributed by atoms with Crippen molar-refractivity contribution < 1.29 is 26.3 Å². The maximum Gasteiger partial charge on any atom is 0.467 e. The van der Waals surface area contributed by atoms with Crippen LogP contribution in [-0.2, 0) is 12.8 Å². The lowest BCUT2D eigenvalue weighted by molar-refractivity contribution is -0.372. The van der Waals surface area contributed by atoms with Crippen molar-refractivity contribution >= 4 is 21.5 Å². The molecule has 0 fully saturated rings. The van der Waals surface area contributed by atoms with Crippen molar-refractivity contribution in [3.05, 3.63) is 59.7 Å². The van der Waals surface area contributed by atoms with Crippen LogP contribution >= 0.6 is 0 Å². The zero-order valence-electron chi connectivity index (χ0n) is 17.3. The molecule has 0 saturated carbocycles. The molecule has 0 spiro atoms. The summed E-state index contributed by atoms with van der Waals surface area (Å²) >= 11 is 0. The predicted molar refractivity (Wildman–Crippen MR) is 112 cm³/mol. The van der Waals surface area contributed by atoms with Crippen molar-refractivity contribution in [2.45, 2.75) is 58.0 Å². The van der Waals surface area contributed by atoms with E-state index in [-0.39, 0.29) is 12.8 Å². The van der Waals surface area contributed by atoms with Crippen LogP contribution in [0, 0.1) is 0 Å². The van der Waals surface area contributed by atoms with Gasteiger partial charge in [-0.05, 0) is 64.8 Å². The molecule has 3 rings (SSSR count). The molecule has 0 unspecified atom stereocenters. The fourth-order valence-corrected chi connectivity index (χ4v) is 4.18. The molecule has 7 heteroatoms. The highest BCUT2D eigenvalue weighted by atomic mass is 19.4. The molecule has 0 atom stereocenters. The summed E-state index contributed by atoms with van der Waals surface area (Å²) < 4.78 is 76.6. The van der Waals surface area contributed by atoms with Gasteiger partial charge >= 0.3 is 12.6 Å². The second-order valence-corrected chi connectivity index (χ2v) is 7.70. The predicted octanol–water partition coefficient (Wildman–Crippen LogP) is 8.00. The van der Waals surface area contributed by atoms with Crippen molar-refractivity contribution in [2.24, 2.45) is 0 Å². The third-order valence-electron chi connectivity index (χ3n) is 5.61. The standard InChI is InChI=1S/C24H25F6N/c1-2-3-10-17-18-11-4-5-12-19(18)20-13-6-7-14-21(20)22(17)15-8-9-16-31(23(25,26)27)24(28,29)30/h4-7,11-14H,2-3,8-10,15-16H2,1H3. The number of hydrogen-bond donors (Lipinski definition) is 0. The Bertz CT molecular complexity index is 1010. The van der Waals surface area contributed by atoms with Crippen LogP contribution < -0.4 is 0 Å². The number of hydrogen-bond acceptors (Lipinski definition) is 1. The van der Waals surface area contributed by atoms with Gasteiger partial charge in [0.15, 0.2) is 0 Å². The minimum atomic E-state index is -5.43. The first kappa shape index (κ1) is 23.4. The number of halogens is 6. The van der Waals surface area contributed by atoms with Crippen molar-refractivity contribution in [2.75, 3.05) is 6.54 Å². The Morgan fingerprint density at radius 2 is 1.03 bits per heavy atom. The average molecular weight is 441 g/mol. The number of fused-ring (bicyclic) bond motifs is 3. The molecule has 0 aliphatic rings. The Kier molecular flexibility index (Phi) is 7.14. The quantitative estimate of drug-likeness (QED) is 0.148. The minimum Gasteiger partial charge on any atom is -0.155 e. The van der Waals surface area contributed by atoms with Crippen LogP contribution in [0.4, 0.5) is 26.3 Å². The van der Waals surface area contributed by atoms with Crippen molar-refractivity contribution in [1.82, 2.24) is 4.90 Å². The van der Waals surface area contributed by atoms with Gasteiger partial charge in [-0.15, -0.1) is 4.90 Å². The molecule has 0 bridgehead atoms. The molecule has 1 nitrogen and oxygen atoms in total. The van der Waals surface area contributed by atoms with Gasteiger partial charge < -0.3 is 0 Å². The molecule has 0 aliphatic heterocycles. The van der Waals surface area contributed by atoms with Crippen molar-refractivity contribution in [3.63, 3.8) is 0 Å². The molecule has 0 amide bonds. The van der Waals surface area contributed by atoms with E-state index in [1.165, 1.54) is 0 Å². The molecule has 0 saturated heterocycles. The molecular weight excluding hydrogens is 416 g/mol. The lowest BCUT2D eigenvalue weighted by Crippen LogP contribution is -2.48. The van der Waals surface area contributed by atoms with Crippen LogP contribution in [0.15, 0.2) is 48.5 Å². The first-order chi connectivity index (χ1) is 14.6. The van der Waals surface area contributed by atoms with Gasteiger partial charge in [0.2, 0.25) is 0 Å². The summed E-state index contributed by atoms with van der Waals surface area (Å²) in [5.74, 6) is 0. The largest absolute Gasteiger partial charge is 0.467 e. The van der Waals surface area contributed by atoms with E-state index in [0.29, 0.717) is 6.42 Å². The van der Waals surface area contributed by atoms with E-state index >= 15 is 0 Å². The highest BCUT2D eigenvalue weighted by Gasteiger charge is 2.53. The second-order valence-electron chi connectivity index (χ2n) is 7.70. The van der Waals surface area contributed by atoms with Crippen LogP contribution in [0.2, 0.25) is 0 Å². The van der Waals surface area contributed by atoms with Gasteiger partial charge in [0, 0.05) is 6.54 Å². The van der Waals surface area contributed by atoms with Gasteiger partial charge in [-0.3, -0.25) is 0 Å². The summed E-state index contributed by atoms with van der Waals surface area (Å²) in [6.45, 7) is 0.995. The van der Waals surface area contributed by atoms with Gasteiger partial charge in [0.1, 0.15) is 0 Å². The summed E-state index contributed by atoms with van der Waals surface area (Å²) in [5, 5.41) is 4.31. The van der Waals surface area contributed by atoms with Crippen molar-refractivity contribution in [1.29, 1.82) is 0 Å². The Hall–Kier alpha value is -2.28. The van der Waals surface area contributed by atoms with E-state index in [1.54, 1.807) is 0 Å². The highest BCUT2D eigenvalue weighted by Crippen LogP contribution is 2.36. The maximum atomic E-state index is 12.8. The molecule has 0 radical (unpaired) electrons. The first-order valence-electron chi connectivity index (χ1n) is 10.5. The second kappa shape index (κ2) is 9.47. The van der Waals surface area contributed by atoms with E-state index in [4.69, 9.17) is 0 Å². The Morgan fingerprint density at radius 1 is 0.613 bits per heavy atom. The fourth-order valence-electron chi connectivity index (χ4n) is 4.18. The minimum absolute atomic E-state index is 0.201. The highest BCUT2D eigenvalue weighted by molar-refractivity contribution is 6.10. The molecule has 31 heavy (non-hydrogen) atoms. The van der Waals surface area contributed by atoms with Crippen molar-refractivity contribution in [3.8, 4) is 0 Å². The molecule has 0 N–H and O–H groups in total. The van der Waals surface area contributed by atoms with E-state index in [0.717, 1.165) is 51.9 Å². The van der Waals surface area contributed by atoms with Crippen LogP contribution in [0.3, 0.4) is 0 Å². The zero-order valence-corrected chi connectivity index (χ0v) is 17.3. The Balaban J connectivity index is 1.92. The average Bonchev–Trinajstić information content (AvgIpc) is 2.70. The summed E-state index contributed by atoms with van der Waals surface area (Å²) in [7, 11) is 0. The smallest absolute Gasteiger partial charge is 0.155 e. The number of aryl methyl sites for hydroxylation is 2. The van der Waals surface area contributed by atoms with E-state index in [9.17, 15) is 26.3 Å². The van der Waals surface area contributed by atoms with E-state index in [1.807, 2.05) is 42.5 Å². The van der Waals surface area contributed by atoms with Gasteiger partial charge in [0.05, 0.1) is 0 Å². The number of unbranched alkanes of at least 4 members (excludes halogenated alkanes) is 2. The number of nitrogens with zero attached hydrogens (tertiary/aromatic N) is 1. The number of benzene rings is 3. The maximum absolute atomic E-state index is 12.8. The normalized spacial score (nSPS) is 12.9. The lowest BCUT2D eigenvalue weighted by Gasteiger charge is -2.26. The molecule has 3 aromatic carbocycles.